The summed E-state index contributed by atoms with van der Waals surface area (Å²) in [5.41, 5.74) is 3.34. The lowest BCUT2D eigenvalue weighted by atomic mass is 10.1. The molecule has 0 spiro atoms. The molecule has 2 aromatic carbocycles. The predicted octanol–water partition coefficient (Wildman–Crippen LogP) is 2.64. The van der Waals surface area contributed by atoms with Crippen LogP contribution in [-0.2, 0) is 17.8 Å². The van der Waals surface area contributed by atoms with E-state index in [0.29, 0.717) is 30.8 Å². The third-order valence-electron chi connectivity index (χ3n) is 4.61. The van der Waals surface area contributed by atoms with Crippen LogP contribution in [0.25, 0.3) is 0 Å². The number of anilines is 1. The molecule has 0 bridgehead atoms. The Morgan fingerprint density at radius 1 is 1.15 bits per heavy atom. The third-order valence-corrected chi connectivity index (χ3v) is 4.61. The van der Waals surface area contributed by atoms with Crippen LogP contribution in [0.3, 0.4) is 0 Å². The van der Waals surface area contributed by atoms with E-state index in [4.69, 9.17) is 9.47 Å². The van der Waals surface area contributed by atoms with Crippen molar-refractivity contribution < 1.29 is 19.1 Å². The monoisotopic (exact) mass is 352 g/mol. The van der Waals surface area contributed by atoms with Gasteiger partial charge >= 0.3 is 0 Å². The highest BCUT2D eigenvalue weighted by Gasteiger charge is 2.27. The van der Waals surface area contributed by atoms with Gasteiger partial charge in [0.05, 0.1) is 6.42 Å². The number of benzene rings is 2. The second-order valence-corrected chi connectivity index (χ2v) is 6.44. The number of ether oxygens (including phenoxy) is 2. The first kappa shape index (κ1) is 16.4. The summed E-state index contributed by atoms with van der Waals surface area (Å²) < 4.78 is 10.6. The molecule has 0 unspecified atom stereocenters. The molecule has 6 nitrogen and oxygen atoms in total. The van der Waals surface area contributed by atoms with Crippen molar-refractivity contribution in [1.29, 1.82) is 0 Å². The van der Waals surface area contributed by atoms with Crippen LogP contribution >= 0.6 is 0 Å². The zero-order valence-electron chi connectivity index (χ0n) is 14.6. The molecule has 0 aromatic heterocycles. The molecule has 4 rings (SSSR count). The highest BCUT2D eigenvalue weighted by atomic mass is 16.7. The fourth-order valence-corrected chi connectivity index (χ4v) is 3.33. The number of fused-ring (bicyclic) bond motifs is 2. The summed E-state index contributed by atoms with van der Waals surface area (Å²) in [5.74, 6) is 1.36. The smallest absolute Gasteiger partial charge is 0.251 e. The van der Waals surface area contributed by atoms with Crippen LogP contribution in [0.5, 0.6) is 11.5 Å². The second-order valence-electron chi connectivity index (χ2n) is 6.44. The minimum atomic E-state index is -0.160. The minimum absolute atomic E-state index is 0.0970. The van der Waals surface area contributed by atoms with Crippen LogP contribution < -0.4 is 19.7 Å². The molecule has 26 heavy (non-hydrogen) atoms. The van der Waals surface area contributed by atoms with Crippen LogP contribution in [0.4, 0.5) is 5.69 Å². The van der Waals surface area contributed by atoms with Gasteiger partial charge in [0.25, 0.3) is 5.91 Å². The van der Waals surface area contributed by atoms with Gasteiger partial charge in [-0.15, -0.1) is 0 Å². The lowest BCUT2D eigenvalue weighted by Gasteiger charge is -2.16. The van der Waals surface area contributed by atoms with Gasteiger partial charge in [0.2, 0.25) is 12.7 Å². The summed E-state index contributed by atoms with van der Waals surface area (Å²) in [6.07, 6.45) is 1.27. The average molecular weight is 352 g/mol. The molecule has 0 aliphatic carbocycles. The molecular weight excluding hydrogens is 332 g/mol. The lowest BCUT2D eigenvalue weighted by molar-refractivity contribution is -0.117. The standard InChI is InChI=1S/C20H20N2O4/c1-2-7-22-16-5-4-14(9-15(16)10-19(22)23)20(24)21-11-13-3-6-17-18(8-13)26-12-25-17/h3-6,8-9H,2,7,10-12H2,1H3,(H,21,24). The molecule has 134 valence electrons. The van der Waals surface area contributed by atoms with Crippen molar-refractivity contribution in [3.8, 4) is 11.5 Å². The number of rotatable bonds is 5. The Hall–Kier alpha value is -3.02. The van der Waals surface area contributed by atoms with E-state index in [1.165, 1.54) is 0 Å². The first-order valence-corrected chi connectivity index (χ1v) is 8.75. The topological polar surface area (TPSA) is 67.9 Å². The number of carbonyl (C=O) groups excluding carboxylic acids is 2. The molecule has 0 atom stereocenters. The molecule has 2 heterocycles. The number of hydrogen-bond acceptors (Lipinski definition) is 4. The summed E-state index contributed by atoms with van der Waals surface area (Å²) in [5, 5.41) is 2.91. The molecule has 2 aromatic rings. The van der Waals surface area contributed by atoms with Gasteiger partial charge in [-0.05, 0) is 47.9 Å². The van der Waals surface area contributed by atoms with Crippen molar-refractivity contribution in [2.24, 2.45) is 0 Å². The number of carbonyl (C=O) groups is 2. The van der Waals surface area contributed by atoms with E-state index in [2.05, 4.69) is 5.32 Å². The highest BCUT2D eigenvalue weighted by Crippen LogP contribution is 2.32. The number of nitrogens with zero attached hydrogens (tertiary/aromatic N) is 1. The van der Waals surface area contributed by atoms with Crippen LogP contribution in [0, 0.1) is 0 Å². The first-order chi connectivity index (χ1) is 12.7. The fraction of sp³-hybridized carbons (Fsp3) is 0.300. The first-order valence-electron chi connectivity index (χ1n) is 8.75. The molecule has 2 aliphatic rings. The van der Waals surface area contributed by atoms with E-state index in [1.807, 2.05) is 37.3 Å². The molecular formula is C20H20N2O4. The quantitative estimate of drug-likeness (QED) is 0.898. The maximum atomic E-state index is 12.5. The summed E-state index contributed by atoms with van der Waals surface area (Å²) in [4.78, 5) is 26.4. The largest absolute Gasteiger partial charge is 0.454 e. The maximum absolute atomic E-state index is 12.5. The van der Waals surface area contributed by atoms with Gasteiger partial charge < -0.3 is 19.7 Å². The Morgan fingerprint density at radius 3 is 2.85 bits per heavy atom. The number of nitrogens with one attached hydrogen (secondary N) is 1. The van der Waals surface area contributed by atoms with Gasteiger partial charge in [-0.3, -0.25) is 9.59 Å². The van der Waals surface area contributed by atoms with Crippen molar-refractivity contribution in [2.75, 3.05) is 18.2 Å². The summed E-state index contributed by atoms with van der Waals surface area (Å²) in [6, 6.07) is 11.1. The SMILES string of the molecule is CCCN1C(=O)Cc2cc(C(=O)NCc3ccc4c(c3)OCO4)ccc21. The Kier molecular flexibility index (Phi) is 4.24. The number of hydrogen-bond donors (Lipinski definition) is 1. The summed E-state index contributed by atoms with van der Waals surface area (Å²) in [7, 11) is 0. The van der Waals surface area contributed by atoms with Crippen LogP contribution in [0.2, 0.25) is 0 Å². The number of amides is 2. The zero-order valence-corrected chi connectivity index (χ0v) is 14.6. The zero-order chi connectivity index (χ0) is 18.1. The second kappa shape index (κ2) is 6.71. The van der Waals surface area contributed by atoms with Crippen molar-refractivity contribution in [3.05, 3.63) is 53.1 Å². The Bertz CT molecular complexity index is 878. The summed E-state index contributed by atoms with van der Waals surface area (Å²) in [6.45, 7) is 3.38. The molecule has 1 N–H and O–H groups in total. The van der Waals surface area contributed by atoms with Gasteiger partial charge in [-0.1, -0.05) is 13.0 Å². The Morgan fingerprint density at radius 2 is 2.00 bits per heavy atom. The van der Waals surface area contributed by atoms with Crippen LogP contribution in [0.15, 0.2) is 36.4 Å². The minimum Gasteiger partial charge on any atom is -0.454 e. The van der Waals surface area contributed by atoms with E-state index in [0.717, 1.165) is 29.0 Å². The van der Waals surface area contributed by atoms with Crippen molar-refractivity contribution in [1.82, 2.24) is 5.32 Å². The average Bonchev–Trinajstić information content (AvgIpc) is 3.23. The molecule has 6 heteroatoms. The third kappa shape index (κ3) is 2.98. The maximum Gasteiger partial charge on any atom is 0.251 e. The Labute approximate surface area is 151 Å². The summed E-state index contributed by atoms with van der Waals surface area (Å²) >= 11 is 0. The Balaban J connectivity index is 1.44. The van der Waals surface area contributed by atoms with E-state index >= 15 is 0 Å². The molecule has 0 saturated carbocycles. The van der Waals surface area contributed by atoms with Crippen LogP contribution in [0.1, 0.15) is 34.8 Å². The molecule has 0 fully saturated rings. The van der Waals surface area contributed by atoms with E-state index in [9.17, 15) is 9.59 Å². The molecule has 0 saturated heterocycles. The molecule has 0 radical (unpaired) electrons. The lowest BCUT2D eigenvalue weighted by Crippen LogP contribution is -2.27. The van der Waals surface area contributed by atoms with Gasteiger partial charge in [-0.25, -0.2) is 0 Å². The van der Waals surface area contributed by atoms with Crippen LogP contribution in [-0.4, -0.2) is 25.2 Å². The normalized spacial score (nSPS) is 14.5. The van der Waals surface area contributed by atoms with Crippen molar-refractivity contribution >= 4 is 17.5 Å². The van der Waals surface area contributed by atoms with E-state index < -0.39 is 0 Å². The van der Waals surface area contributed by atoms with Gasteiger partial charge in [0.15, 0.2) is 11.5 Å². The van der Waals surface area contributed by atoms with Crippen molar-refractivity contribution in [3.63, 3.8) is 0 Å². The van der Waals surface area contributed by atoms with E-state index in [1.54, 1.807) is 11.0 Å². The predicted molar refractivity (Wildman–Crippen MR) is 96.5 cm³/mol. The fourth-order valence-electron chi connectivity index (χ4n) is 3.33. The van der Waals surface area contributed by atoms with Gasteiger partial charge in [-0.2, -0.15) is 0 Å². The van der Waals surface area contributed by atoms with Gasteiger partial charge in [0.1, 0.15) is 0 Å². The van der Waals surface area contributed by atoms with Gasteiger partial charge in [0, 0.05) is 24.3 Å². The molecule has 2 aliphatic heterocycles. The molecule has 2 amide bonds. The van der Waals surface area contributed by atoms with Crippen molar-refractivity contribution in [2.45, 2.75) is 26.3 Å². The highest BCUT2D eigenvalue weighted by molar-refractivity contribution is 6.03. The van der Waals surface area contributed by atoms with E-state index in [-0.39, 0.29) is 18.6 Å².